The zero-order chi connectivity index (χ0) is 14.0. The molecule has 0 amide bonds. The number of rotatable bonds is 2. The molecule has 0 spiro atoms. The minimum atomic E-state index is 0.429. The number of hydrogen-bond donors (Lipinski definition) is 1. The SMILES string of the molecule is Cc1cc(Oc2ccc(N)cc2C#N)cc(C)c1Br. The van der Waals surface area contributed by atoms with Gasteiger partial charge in [-0.05, 0) is 55.3 Å². The lowest BCUT2D eigenvalue weighted by molar-refractivity contribution is 0.480. The van der Waals surface area contributed by atoms with E-state index in [1.54, 1.807) is 18.2 Å². The lowest BCUT2D eigenvalue weighted by Crippen LogP contribution is -1.93. The molecule has 2 aromatic rings. The van der Waals surface area contributed by atoms with Crippen molar-refractivity contribution >= 4 is 21.6 Å². The van der Waals surface area contributed by atoms with Crippen LogP contribution >= 0.6 is 15.9 Å². The second-order valence-electron chi connectivity index (χ2n) is 4.34. The smallest absolute Gasteiger partial charge is 0.145 e. The Morgan fingerprint density at radius 1 is 1.16 bits per heavy atom. The molecule has 0 aliphatic carbocycles. The molecule has 0 aliphatic heterocycles. The zero-order valence-electron chi connectivity index (χ0n) is 10.7. The average Bonchev–Trinajstić information content (AvgIpc) is 2.38. The summed E-state index contributed by atoms with van der Waals surface area (Å²) in [6, 6.07) is 11.0. The Hall–Kier alpha value is -1.99. The molecule has 2 N–H and O–H groups in total. The molecular formula is C15H13BrN2O. The van der Waals surface area contributed by atoms with Gasteiger partial charge in [-0.15, -0.1) is 0 Å². The molecule has 0 saturated carbocycles. The van der Waals surface area contributed by atoms with Gasteiger partial charge < -0.3 is 10.5 Å². The van der Waals surface area contributed by atoms with Gasteiger partial charge in [-0.25, -0.2) is 0 Å². The van der Waals surface area contributed by atoms with Crippen molar-refractivity contribution in [3.63, 3.8) is 0 Å². The third-order valence-electron chi connectivity index (χ3n) is 2.76. The van der Waals surface area contributed by atoms with Crippen LogP contribution in [-0.2, 0) is 0 Å². The Morgan fingerprint density at radius 3 is 2.37 bits per heavy atom. The maximum Gasteiger partial charge on any atom is 0.145 e. The number of aryl methyl sites for hydroxylation is 2. The summed E-state index contributed by atoms with van der Waals surface area (Å²) in [5.41, 5.74) is 8.80. The normalized spacial score (nSPS) is 10.0. The third-order valence-corrected chi connectivity index (χ3v) is 4.01. The highest BCUT2D eigenvalue weighted by Crippen LogP contribution is 2.31. The van der Waals surface area contributed by atoms with Crippen LogP contribution in [0.1, 0.15) is 16.7 Å². The zero-order valence-corrected chi connectivity index (χ0v) is 12.3. The molecule has 0 fully saturated rings. The molecule has 4 heteroatoms. The molecule has 0 aromatic heterocycles. The molecule has 96 valence electrons. The molecular weight excluding hydrogens is 304 g/mol. The first-order chi connectivity index (χ1) is 9.01. The molecule has 0 saturated heterocycles. The number of ether oxygens (including phenoxy) is 1. The number of nitrogens with two attached hydrogens (primary N) is 1. The summed E-state index contributed by atoms with van der Waals surface area (Å²) in [5, 5.41) is 9.08. The van der Waals surface area contributed by atoms with Crippen LogP contribution in [0.3, 0.4) is 0 Å². The molecule has 0 radical (unpaired) electrons. The number of halogens is 1. The quantitative estimate of drug-likeness (QED) is 0.840. The number of benzene rings is 2. The van der Waals surface area contributed by atoms with Gasteiger partial charge in [-0.3, -0.25) is 0 Å². The molecule has 0 heterocycles. The lowest BCUT2D eigenvalue weighted by Gasteiger charge is -2.11. The van der Waals surface area contributed by atoms with E-state index in [4.69, 9.17) is 15.7 Å². The Bertz CT molecular complexity index is 651. The Kier molecular flexibility index (Phi) is 3.77. The lowest BCUT2D eigenvalue weighted by atomic mass is 10.1. The maximum absolute atomic E-state index is 9.08. The summed E-state index contributed by atoms with van der Waals surface area (Å²) in [6.45, 7) is 4.00. The predicted octanol–water partition coefficient (Wildman–Crippen LogP) is 4.31. The standard InChI is InChI=1S/C15H13BrN2O/c1-9-5-13(6-10(2)15(9)16)19-14-4-3-12(18)7-11(14)8-17/h3-7H,18H2,1-2H3. The highest BCUT2D eigenvalue weighted by molar-refractivity contribution is 9.10. The van der Waals surface area contributed by atoms with Gasteiger partial charge in [0.2, 0.25) is 0 Å². The van der Waals surface area contributed by atoms with Crippen LogP contribution in [0.15, 0.2) is 34.8 Å². The van der Waals surface area contributed by atoms with Crippen molar-refractivity contribution in [3.05, 3.63) is 51.5 Å². The number of anilines is 1. The van der Waals surface area contributed by atoms with Crippen LogP contribution in [0.5, 0.6) is 11.5 Å². The summed E-state index contributed by atoms with van der Waals surface area (Å²) in [6.07, 6.45) is 0. The van der Waals surface area contributed by atoms with E-state index in [0.717, 1.165) is 15.6 Å². The summed E-state index contributed by atoms with van der Waals surface area (Å²) in [7, 11) is 0. The largest absolute Gasteiger partial charge is 0.456 e. The summed E-state index contributed by atoms with van der Waals surface area (Å²) < 4.78 is 6.84. The van der Waals surface area contributed by atoms with Gasteiger partial charge >= 0.3 is 0 Å². The van der Waals surface area contributed by atoms with Gasteiger partial charge in [0.15, 0.2) is 0 Å². The highest BCUT2D eigenvalue weighted by atomic mass is 79.9. The van der Waals surface area contributed by atoms with Crippen LogP contribution in [0.25, 0.3) is 0 Å². The fourth-order valence-corrected chi connectivity index (χ4v) is 2.04. The van der Waals surface area contributed by atoms with Crippen LogP contribution in [-0.4, -0.2) is 0 Å². The maximum atomic E-state index is 9.08. The van der Waals surface area contributed by atoms with Gasteiger partial charge in [-0.2, -0.15) is 5.26 Å². The van der Waals surface area contributed by atoms with Gasteiger partial charge in [0.25, 0.3) is 0 Å². The molecule has 0 atom stereocenters. The molecule has 2 rings (SSSR count). The van der Waals surface area contributed by atoms with Crippen molar-refractivity contribution in [2.24, 2.45) is 0 Å². The van der Waals surface area contributed by atoms with Crippen molar-refractivity contribution in [1.29, 1.82) is 5.26 Å². The van der Waals surface area contributed by atoms with Crippen LogP contribution in [0.2, 0.25) is 0 Å². The average molecular weight is 317 g/mol. The number of hydrogen-bond acceptors (Lipinski definition) is 3. The van der Waals surface area contributed by atoms with Gasteiger partial charge in [0.05, 0.1) is 5.56 Å². The first-order valence-corrected chi connectivity index (χ1v) is 6.55. The predicted molar refractivity (Wildman–Crippen MR) is 79.3 cm³/mol. The summed E-state index contributed by atoms with van der Waals surface area (Å²) in [4.78, 5) is 0. The topological polar surface area (TPSA) is 59.0 Å². The van der Waals surface area contributed by atoms with E-state index >= 15 is 0 Å². The van der Waals surface area contributed by atoms with Gasteiger partial charge in [0.1, 0.15) is 17.6 Å². The molecule has 19 heavy (non-hydrogen) atoms. The van der Waals surface area contributed by atoms with Crippen molar-refractivity contribution in [2.75, 3.05) is 5.73 Å². The minimum absolute atomic E-state index is 0.429. The van der Waals surface area contributed by atoms with E-state index in [1.165, 1.54) is 0 Å². The van der Waals surface area contributed by atoms with E-state index in [-0.39, 0.29) is 0 Å². The second-order valence-corrected chi connectivity index (χ2v) is 5.13. The fraction of sp³-hybridized carbons (Fsp3) is 0.133. The van der Waals surface area contributed by atoms with Gasteiger partial charge in [-0.1, -0.05) is 15.9 Å². The first-order valence-electron chi connectivity index (χ1n) is 5.75. The molecule has 2 aromatic carbocycles. The van der Waals surface area contributed by atoms with E-state index in [9.17, 15) is 0 Å². The van der Waals surface area contributed by atoms with E-state index in [1.807, 2.05) is 26.0 Å². The number of nitrogens with zero attached hydrogens (tertiary/aromatic N) is 1. The van der Waals surface area contributed by atoms with Crippen molar-refractivity contribution in [1.82, 2.24) is 0 Å². The fourth-order valence-electron chi connectivity index (χ4n) is 1.82. The molecule has 0 aliphatic rings. The van der Waals surface area contributed by atoms with E-state index < -0.39 is 0 Å². The third kappa shape index (κ3) is 2.88. The van der Waals surface area contributed by atoms with Crippen LogP contribution in [0.4, 0.5) is 5.69 Å². The number of nitrogen functional groups attached to an aromatic ring is 1. The van der Waals surface area contributed by atoms with Crippen molar-refractivity contribution in [3.8, 4) is 17.6 Å². The first kappa shape index (κ1) is 13.4. The summed E-state index contributed by atoms with van der Waals surface area (Å²) in [5.74, 6) is 1.22. The van der Waals surface area contributed by atoms with Gasteiger partial charge in [0, 0.05) is 10.2 Å². The van der Waals surface area contributed by atoms with Crippen LogP contribution in [0, 0.1) is 25.2 Å². The molecule has 3 nitrogen and oxygen atoms in total. The summed E-state index contributed by atoms with van der Waals surface area (Å²) >= 11 is 3.51. The highest BCUT2D eigenvalue weighted by Gasteiger charge is 2.08. The van der Waals surface area contributed by atoms with Crippen molar-refractivity contribution < 1.29 is 4.74 Å². The van der Waals surface area contributed by atoms with E-state index in [0.29, 0.717) is 22.7 Å². The monoisotopic (exact) mass is 316 g/mol. The number of nitriles is 1. The van der Waals surface area contributed by atoms with Crippen LogP contribution < -0.4 is 10.5 Å². The van der Waals surface area contributed by atoms with Crippen molar-refractivity contribution in [2.45, 2.75) is 13.8 Å². The minimum Gasteiger partial charge on any atom is -0.456 e. The molecule has 0 bridgehead atoms. The Morgan fingerprint density at radius 2 is 1.79 bits per heavy atom. The Labute approximate surface area is 120 Å². The van der Waals surface area contributed by atoms with E-state index in [2.05, 4.69) is 22.0 Å². The second kappa shape index (κ2) is 5.33. The Balaban J connectivity index is 2.40. The molecule has 0 unspecified atom stereocenters.